The summed E-state index contributed by atoms with van der Waals surface area (Å²) in [5.41, 5.74) is 3.54. The lowest BCUT2D eigenvalue weighted by Crippen LogP contribution is -2.33. The monoisotopic (exact) mass is 328 g/mol. The van der Waals surface area contributed by atoms with Crippen molar-refractivity contribution in [3.8, 4) is 0 Å². The maximum absolute atomic E-state index is 14.5. The Morgan fingerprint density at radius 3 is 3.00 bits per heavy atom. The third kappa shape index (κ3) is 2.43. The third-order valence-electron chi connectivity index (χ3n) is 4.27. The SMILES string of the molecule is Cc1cc(F)c2c(c1)CCCN2Cn1nc2ccccn2c1=S. The Balaban J connectivity index is 1.76. The predicted molar refractivity (Wildman–Crippen MR) is 90.8 cm³/mol. The summed E-state index contributed by atoms with van der Waals surface area (Å²) >= 11 is 5.49. The van der Waals surface area contributed by atoms with E-state index in [0.717, 1.165) is 36.2 Å². The molecule has 2 aromatic heterocycles. The van der Waals surface area contributed by atoms with Gasteiger partial charge in [-0.3, -0.25) is 4.40 Å². The fourth-order valence-electron chi connectivity index (χ4n) is 3.29. The number of rotatable bonds is 2. The minimum absolute atomic E-state index is 0.157. The first-order valence-corrected chi connectivity index (χ1v) is 8.12. The van der Waals surface area contributed by atoms with Crippen LogP contribution in [0.1, 0.15) is 17.5 Å². The number of nitrogens with zero attached hydrogens (tertiary/aromatic N) is 4. The van der Waals surface area contributed by atoms with Crippen molar-refractivity contribution < 1.29 is 4.39 Å². The standard InChI is InChI=1S/C17H17FN4S/c1-12-9-13-5-4-7-20(16(13)14(18)10-12)11-22-17(23)21-8-3-2-6-15(21)19-22/h2-3,6,8-10H,4-5,7,11H2,1H3. The second kappa shape index (κ2) is 5.45. The number of anilines is 1. The molecule has 6 heteroatoms. The number of fused-ring (bicyclic) bond motifs is 2. The number of benzene rings is 1. The Bertz CT molecular complexity index is 943. The van der Waals surface area contributed by atoms with Gasteiger partial charge in [0.15, 0.2) is 5.65 Å². The zero-order valence-corrected chi connectivity index (χ0v) is 13.7. The van der Waals surface area contributed by atoms with Crippen LogP contribution in [0.2, 0.25) is 0 Å². The molecule has 1 aromatic carbocycles. The van der Waals surface area contributed by atoms with E-state index in [1.165, 1.54) is 0 Å². The van der Waals surface area contributed by atoms with E-state index in [4.69, 9.17) is 12.2 Å². The average molecular weight is 328 g/mol. The van der Waals surface area contributed by atoms with Gasteiger partial charge in [0.05, 0.1) is 5.69 Å². The van der Waals surface area contributed by atoms with Gasteiger partial charge in [-0.2, -0.15) is 5.10 Å². The number of halogens is 1. The van der Waals surface area contributed by atoms with Crippen LogP contribution in [0, 0.1) is 17.5 Å². The van der Waals surface area contributed by atoms with E-state index in [0.29, 0.717) is 17.1 Å². The van der Waals surface area contributed by atoms with E-state index >= 15 is 0 Å². The highest BCUT2D eigenvalue weighted by Crippen LogP contribution is 2.31. The minimum atomic E-state index is -0.157. The zero-order chi connectivity index (χ0) is 16.0. The maximum atomic E-state index is 14.5. The van der Waals surface area contributed by atoms with E-state index in [1.807, 2.05) is 40.6 Å². The van der Waals surface area contributed by atoms with Crippen molar-refractivity contribution in [1.82, 2.24) is 14.2 Å². The summed E-state index contributed by atoms with van der Waals surface area (Å²) in [5, 5.41) is 4.54. The first-order valence-electron chi connectivity index (χ1n) is 7.71. The number of hydrogen-bond donors (Lipinski definition) is 0. The van der Waals surface area contributed by atoms with Crippen molar-refractivity contribution >= 4 is 23.6 Å². The number of aryl methyl sites for hydroxylation is 2. The number of hydrogen-bond acceptors (Lipinski definition) is 3. The minimum Gasteiger partial charge on any atom is -0.349 e. The van der Waals surface area contributed by atoms with Crippen LogP contribution in [-0.4, -0.2) is 20.7 Å². The average Bonchev–Trinajstić information content (AvgIpc) is 2.83. The smallest absolute Gasteiger partial charge is 0.204 e. The molecule has 3 aromatic rings. The molecule has 0 amide bonds. The highest BCUT2D eigenvalue weighted by molar-refractivity contribution is 7.71. The fourth-order valence-corrected chi connectivity index (χ4v) is 3.54. The molecule has 0 saturated carbocycles. The van der Waals surface area contributed by atoms with Gasteiger partial charge in [0.1, 0.15) is 12.5 Å². The molecular weight excluding hydrogens is 311 g/mol. The van der Waals surface area contributed by atoms with Gasteiger partial charge in [0.2, 0.25) is 4.77 Å². The number of aromatic nitrogens is 3. The highest BCUT2D eigenvalue weighted by atomic mass is 32.1. The quantitative estimate of drug-likeness (QED) is 0.671. The molecule has 0 aliphatic carbocycles. The summed E-state index contributed by atoms with van der Waals surface area (Å²) in [7, 11) is 0. The second-order valence-corrected chi connectivity index (χ2v) is 6.34. The van der Waals surface area contributed by atoms with E-state index in [2.05, 4.69) is 11.2 Å². The largest absolute Gasteiger partial charge is 0.349 e. The van der Waals surface area contributed by atoms with Crippen molar-refractivity contribution in [2.24, 2.45) is 0 Å². The molecule has 0 bridgehead atoms. The van der Waals surface area contributed by atoms with Crippen molar-refractivity contribution in [3.63, 3.8) is 0 Å². The third-order valence-corrected chi connectivity index (χ3v) is 4.68. The highest BCUT2D eigenvalue weighted by Gasteiger charge is 2.22. The van der Waals surface area contributed by atoms with Gasteiger partial charge >= 0.3 is 0 Å². The van der Waals surface area contributed by atoms with Gasteiger partial charge in [-0.25, -0.2) is 9.07 Å². The Morgan fingerprint density at radius 2 is 2.17 bits per heavy atom. The summed E-state index contributed by atoms with van der Waals surface area (Å²) in [5.74, 6) is -0.157. The molecular formula is C17H17FN4S. The van der Waals surface area contributed by atoms with Crippen LogP contribution in [0.5, 0.6) is 0 Å². The summed E-state index contributed by atoms with van der Waals surface area (Å²) < 4.78 is 18.7. The summed E-state index contributed by atoms with van der Waals surface area (Å²) in [6, 6.07) is 9.45. The Morgan fingerprint density at radius 1 is 1.30 bits per heavy atom. The van der Waals surface area contributed by atoms with Crippen molar-refractivity contribution in [1.29, 1.82) is 0 Å². The van der Waals surface area contributed by atoms with Gasteiger partial charge in [0.25, 0.3) is 0 Å². The molecule has 1 aliphatic heterocycles. The molecule has 0 radical (unpaired) electrons. The van der Waals surface area contributed by atoms with Crippen LogP contribution in [0.4, 0.5) is 10.1 Å². The first kappa shape index (κ1) is 14.4. The van der Waals surface area contributed by atoms with Gasteiger partial charge < -0.3 is 4.90 Å². The summed E-state index contributed by atoms with van der Waals surface area (Å²) in [4.78, 5) is 2.04. The number of pyridine rings is 1. The topological polar surface area (TPSA) is 25.5 Å². The molecule has 3 heterocycles. The van der Waals surface area contributed by atoms with Crippen LogP contribution in [0.3, 0.4) is 0 Å². The Kier molecular flexibility index (Phi) is 3.41. The molecule has 0 N–H and O–H groups in total. The molecule has 4 nitrogen and oxygen atoms in total. The zero-order valence-electron chi connectivity index (χ0n) is 12.9. The molecule has 0 unspecified atom stereocenters. The van der Waals surface area contributed by atoms with Gasteiger partial charge in [-0.05, 0) is 61.3 Å². The lowest BCUT2D eigenvalue weighted by molar-refractivity contribution is 0.527. The van der Waals surface area contributed by atoms with Crippen molar-refractivity contribution in [2.75, 3.05) is 11.4 Å². The molecule has 23 heavy (non-hydrogen) atoms. The second-order valence-electron chi connectivity index (χ2n) is 5.97. The molecule has 118 valence electrons. The van der Waals surface area contributed by atoms with Crippen LogP contribution in [-0.2, 0) is 13.1 Å². The lowest BCUT2D eigenvalue weighted by Gasteiger charge is -2.31. The molecule has 1 aliphatic rings. The molecule has 0 fully saturated rings. The fraction of sp³-hybridized carbons (Fsp3) is 0.294. The molecule has 0 atom stereocenters. The van der Waals surface area contributed by atoms with Crippen LogP contribution in [0.15, 0.2) is 36.5 Å². The van der Waals surface area contributed by atoms with Crippen molar-refractivity contribution in [3.05, 3.63) is 58.2 Å². The van der Waals surface area contributed by atoms with Crippen LogP contribution < -0.4 is 4.90 Å². The lowest BCUT2D eigenvalue weighted by atomic mass is 9.99. The van der Waals surface area contributed by atoms with Gasteiger partial charge in [0, 0.05) is 12.7 Å². The van der Waals surface area contributed by atoms with E-state index < -0.39 is 0 Å². The van der Waals surface area contributed by atoms with Crippen LogP contribution >= 0.6 is 12.2 Å². The first-order chi connectivity index (χ1) is 11.1. The van der Waals surface area contributed by atoms with Crippen molar-refractivity contribution in [2.45, 2.75) is 26.4 Å². The summed E-state index contributed by atoms with van der Waals surface area (Å²) in [6.45, 7) is 3.20. The Labute approximate surface area is 138 Å². The van der Waals surface area contributed by atoms with Crippen LogP contribution in [0.25, 0.3) is 5.65 Å². The maximum Gasteiger partial charge on any atom is 0.204 e. The normalized spacial score (nSPS) is 14.3. The predicted octanol–water partition coefficient (Wildman–Crippen LogP) is 3.72. The van der Waals surface area contributed by atoms with E-state index in [1.54, 1.807) is 10.7 Å². The van der Waals surface area contributed by atoms with E-state index in [-0.39, 0.29) is 5.82 Å². The molecule has 0 saturated heterocycles. The molecule has 4 rings (SSSR count). The van der Waals surface area contributed by atoms with Gasteiger partial charge in [-0.1, -0.05) is 12.1 Å². The van der Waals surface area contributed by atoms with E-state index in [9.17, 15) is 4.39 Å². The molecule has 0 spiro atoms. The summed E-state index contributed by atoms with van der Waals surface area (Å²) in [6.07, 6.45) is 3.83. The Hall–Kier alpha value is -2.21. The van der Waals surface area contributed by atoms with Gasteiger partial charge in [-0.15, -0.1) is 0 Å².